The lowest BCUT2D eigenvalue weighted by molar-refractivity contribution is -0.131. The number of rotatable bonds is 7. The van der Waals surface area contributed by atoms with Gasteiger partial charge in [-0.2, -0.15) is 0 Å². The van der Waals surface area contributed by atoms with E-state index in [-0.39, 0.29) is 11.7 Å². The van der Waals surface area contributed by atoms with Crippen molar-refractivity contribution in [3.63, 3.8) is 0 Å². The number of guanidine groups is 1. The molecule has 0 unspecified atom stereocenters. The van der Waals surface area contributed by atoms with Gasteiger partial charge in [0.1, 0.15) is 5.82 Å². The molecule has 8 heteroatoms. The zero-order valence-electron chi connectivity index (χ0n) is 16.7. The lowest BCUT2D eigenvalue weighted by Crippen LogP contribution is -2.49. The summed E-state index contributed by atoms with van der Waals surface area (Å²) < 4.78 is 13.1. The Labute approximate surface area is 175 Å². The van der Waals surface area contributed by atoms with Crippen LogP contribution in [0.25, 0.3) is 0 Å². The number of hydrogen-bond donors (Lipinski definition) is 2. The molecule has 2 N–H and O–H groups in total. The van der Waals surface area contributed by atoms with E-state index in [1.165, 1.54) is 17.0 Å². The highest BCUT2D eigenvalue weighted by molar-refractivity contribution is 7.09. The first-order chi connectivity index (χ1) is 14.2. The van der Waals surface area contributed by atoms with Gasteiger partial charge in [0.25, 0.3) is 0 Å². The lowest BCUT2D eigenvalue weighted by atomic mass is 10.2. The van der Waals surface area contributed by atoms with Gasteiger partial charge in [0.05, 0.1) is 6.54 Å². The summed E-state index contributed by atoms with van der Waals surface area (Å²) in [6, 6.07) is 10.6. The second-order valence-corrected chi connectivity index (χ2v) is 7.83. The maximum atomic E-state index is 13.1. The van der Waals surface area contributed by atoms with Gasteiger partial charge in [0.2, 0.25) is 5.91 Å². The number of halogens is 1. The maximum absolute atomic E-state index is 13.1. The summed E-state index contributed by atoms with van der Waals surface area (Å²) in [4.78, 5) is 22.4. The molecule has 1 aliphatic rings. The third-order valence-electron chi connectivity index (χ3n) is 4.77. The third kappa shape index (κ3) is 6.45. The smallest absolute Gasteiger partial charge is 0.224 e. The highest BCUT2D eigenvalue weighted by Gasteiger charge is 2.21. The van der Waals surface area contributed by atoms with Gasteiger partial charge >= 0.3 is 0 Å². The van der Waals surface area contributed by atoms with E-state index in [2.05, 4.69) is 26.6 Å². The Hall–Kier alpha value is -2.61. The van der Waals surface area contributed by atoms with E-state index < -0.39 is 0 Å². The summed E-state index contributed by atoms with van der Waals surface area (Å²) in [6.45, 7) is 6.86. The Morgan fingerprint density at radius 1 is 1.14 bits per heavy atom. The van der Waals surface area contributed by atoms with Gasteiger partial charge in [-0.1, -0.05) is 6.07 Å². The highest BCUT2D eigenvalue weighted by Crippen LogP contribution is 2.17. The summed E-state index contributed by atoms with van der Waals surface area (Å²) in [5.74, 6) is 0.645. The molecule has 0 saturated carbocycles. The quantitative estimate of drug-likeness (QED) is 0.537. The van der Waals surface area contributed by atoms with Crippen molar-refractivity contribution in [2.45, 2.75) is 19.9 Å². The molecule has 2 heterocycles. The topological polar surface area (TPSA) is 60.0 Å². The van der Waals surface area contributed by atoms with E-state index in [4.69, 9.17) is 0 Å². The molecular weight excluding hydrogens is 389 g/mol. The van der Waals surface area contributed by atoms with Crippen molar-refractivity contribution >= 4 is 28.9 Å². The largest absolute Gasteiger partial charge is 0.368 e. The fourth-order valence-electron chi connectivity index (χ4n) is 3.21. The van der Waals surface area contributed by atoms with Crippen LogP contribution in [0.15, 0.2) is 46.8 Å². The van der Waals surface area contributed by atoms with Crippen LogP contribution in [-0.4, -0.2) is 56.0 Å². The number of carbonyl (C=O) groups excluding carboxylic acids is 1. The van der Waals surface area contributed by atoms with Crippen LogP contribution in [0.2, 0.25) is 0 Å². The fraction of sp³-hybridized carbons (Fsp3) is 0.429. The zero-order chi connectivity index (χ0) is 20.5. The van der Waals surface area contributed by atoms with E-state index in [1.807, 2.05) is 23.3 Å². The molecule has 1 aliphatic heterocycles. The first kappa shape index (κ1) is 21.1. The zero-order valence-corrected chi connectivity index (χ0v) is 17.6. The van der Waals surface area contributed by atoms with Crippen LogP contribution < -0.4 is 15.5 Å². The van der Waals surface area contributed by atoms with Gasteiger partial charge in [-0.05, 0) is 42.6 Å². The van der Waals surface area contributed by atoms with Crippen molar-refractivity contribution in [1.82, 2.24) is 15.5 Å². The number of nitrogens with one attached hydrogen (secondary N) is 2. The standard InChI is InChI=1S/C21H28FN5OS/c1-2-23-21(25-16-19-4-3-15-29-19)24-10-9-20(28)27-13-11-26(12-14-27)18-7-5-17(22)6-8-18/h3-8,15H,2,9-14,16H2,1H3,(H2,23,24,25). The number of aliphatic imine (C=N–C) groups is 1. The van der Waals surface area contributed by atoms with E-state index in [9.17, 15) is 9.18 Å². The van der Waals surface area contributed by atoms with E-state index in [0.29, 0.717) is 32.6 Å². The van der Waals surface area contributed by atoms with Gasteiger partial charge in [-0.15, -0.1) is 11.3 Å². The summed E-state index contributed by atoms with van der Waals surface area (Å²) in [6.07, 6.45) is 0.431. The van der Waals surface area contributed by atoms with Crippen molar-refractivity contribution < 1.29 is 9.18 Å². The predicted molar refractivity (Wildman–Crippen MR) is 117 cm³/mol. The molecule has 1 aromatic heterocycles. The van der Waals surface area contributed by atoms with Crippen molar-refractivity contribution in [2.75, 3.05) is 44.2 Å². The minimum Gasteiger partial charge on any atom is -0.368 e. The Morgan fingerprint density at radius 2 is 1.90 bits per heavy atom. The highest BCUT2D eigenvalue weighted by atomic mass is 32.1. The monoisotopic (exact) mass is 417 g/mol. The number of nitrogens with zero attached hydrogens (tertiary/aromatic N) is 3. The lowest BCUT2D eigenvalue weighted by Gasteiger charge is -2.36. The summed E-state index contributed by atoms with van der Waals surface area (Å²) in [5.41, 5.74) is 0.998. The van der Waals surface area contributed by atoms with Crippen molar-refractivity contribution in [2.24, 2.45) is 4.99 Å². The van der Waals surface area contributed by atoms with Crippen LogP contribution in [0.1, 0.15) is 18.2 Å². The van der Waals surface area contributed by atoms with Gasteiger partial charge in [-0.3, -0.25) is 4.79 Å². The minimum atomic E-state index is -0.231. The van der Waals surface area contributed by atoms with Crippen LogP contribution in [0.4, 0.5) is 10.1 Å². The van der Waals surface area contributed by atoms with Gasteiger partial charge < -0.3 is 20.4 Å². The van der Waals surface area contributed by atoms with E-state index >= 15 is 0 Å². The molecule has 2 aromatic rings. The molecule has 1 fully saturated rings. The molecule has 0 bridgehead atoms. The molecular formula is C21H28FN5OS. The Kier molecular flexibility index (Phi) is 7.86. The molecule has 156 valence electrons. The van der Waals surface area contributed by atoms with Crippen LogP contribution >= 0.6 is 11.3 Å². The number of benzene rings is 1. The SMILES string of the molecule is CCNC(=NCc1cccs1)NCCC(=O)N1CCN(c2ccc(F)cc2)CC1. The van der Waals surface area contributed by atoms with Crippen LogP contribution in [0.5, 0.6) is 0 Å². The molecule has 0 spiro atoms. The molecule has 0 aliphatic carbocycles. The van der Waals surface area contributed by atoms with E-state index in [0.717, 1.165) is 31.3 Å². The fourth-order valence-corrected chi connectivity index (χ4v) is 3.84. The average molecular weight is 418 g/mol. The van der Waals surface area contributed by atoms with E-state index in [1.54, 1.807) is 23.5 Å². The first-order valence-corrected chi connectivity index (χ1v) is 10.9. The van der Waals surface area contributed by atoms with Gasteiger partial charge in [0, 0.05) is 56.3 Å². The molecule has 0 atom stereocenters. The molecule has 3 rings (SSSR count). The predicted octanol–water partition coefficient (Wildman–Crippen LogP) is 2.68. The van der Waals surface area contributed by atoms with Crippen molar-refractivity contribution in [3.8, 4) is 0 Å². The molecule has 6 nitrogen and oxygen atoms in total. The van der Waals surface area contributed by atoms with Crippen LogP contribution in [0.3, 0.4) is 0 Å². The van der Waals surface area contributed by atoms with Gasteiger partial charge in [0.15, 0.2) is 5.96 Å². The Bertz CT molecular complexity index is 786. The molecule has 29 heavy (non-hydrogen) atoms. The minimum absolute atomic E-state index is 0.144. The number of anilines is 1. The van der Waals surface area contributed by atoms with Crippen molar-refractivity contribution in [1.29, 1.82) is 0 Å². The molecule has 0 radical (unpaired) electrons. The third-order valence-corrected chi connectivity index (χ3v) is 5.63. The number of thiophene rings is 1. The Morgan fingerprint density at radius 3 is 2.55 bits per heavy atom. The van der Waals surface area contributed by atoms with Crippen LogP contribution in [-0.2, 0) is 11.3 Å². The summed E-state index contributed by atoms with van der Waals surface area (Å²) >= 11 is 1.68. The van der Waals surface area contributed by atoms with Gasteiger partial charge in [-0.25, -0.2) is 9.38 Å². The molecule has 1 amide bonds. The number of amides is 1. The average Bonchev–Trinajstić information content (AvgIpc) is 3.26. The first-order valence-electron chi connectivity index (χ1n) is 9.98. The number of carbonyl (C=O) groups is 1. The Balaban J connectivity index is 1.41. The molecule has 1 aromatic carbocycles. The van der Waals surface area contributed by atoms with Crippen molar-refractivity contribution in [3.05, 3.63) is 52.5 Å². The van der Waals surface area contributed by atoms with Crippen LogP contribution in [0, 0.1) is 5.82 Å². The number of piperazine rings is 1. The molecule has 1 saturated heterocycles. The normalized spacial score (nSPS) is 14.8. The number of hydrogen-bond acceptors (Lipinski definition) is 4. The second-order valence-electron chi connectivity index (χ2n) is 6.80. The second kappa shape index (κ2) is 10.8. The summed E-state index contributed by atoms with van der Waals surface area (Å²) in [7, 11) is 0. The summed E-state index contributed by atoms with van der Waals surface area (Å²) in [5, 5.41) is 8.50. The maximum Gasteiger partial charge on any atom is 0.224 e.